The van der Waals surface area contributed by atoms with Crippen molar-refractivity contribution in [1.82, 2.24) is 0 Å². The second-order valence-corrected chi connectivity index (χ2v) is 27.5. The largest absolute Gasteiger partial charge is 0.509 e. The second kappa shape index (κ2) is 14.5. The fourth-order valence-corrected chi connectivity index (χ4v) is 13.7. The average Bonchev–Trinajstić information content (AvgIpc) is 3.38. The highest BCUT2D eigenvalue weighted by atomic mass is 28.4. The molecular formula is C41H66O8Si2. The molecule has 1 N–H and O–H groups in total. The van der Waals surface area contributed by atoms with Crippen LogP contribution in [0.15, 0.2) is 53.6 Å². The van der Waals surface area contributed by atoms with Crippen LogP contribution in [0.5, 0.6) is 0 Å². The second-order valence-electron chi connectivity index (χ2n) is 18.0. The third kappa shape index (κ3) is 7.00. The van der Waals surface area contributed by atoms with Gasteiger partial charge in [0.05, 0.1) is 31.0 Å². The van der Waals surface area contributed by atoms with Crippen LogP contribution in [0.4, 0.5) is 4.79 Å². The Kier molecular flexibility index (Phi) is 11.4. The van der Waals surface area contributed by atoms with Gasteiger partial charge in [-0.25, -0.2) is 4.79 Å². The van der Waals surface area contributed by atoms with E-state index in [-0.39, 0.29) is 24.0 Å². The minimum atomic E-state index is -2.28. The smallest absolute Gasteiger partial charge is 0.426 e. The fourth-order valence-electron chi connectivity index (χ4n) is 9.58. The Balaban J connectivity index is 1.68. The lowest BCUT2D eigenvalue weighted by Gasteiger charge is -2.62. The molecular weight excluding hydrogens is 677 g/mol. The van der Waals surface area contributed by atoms with Crippen molar-refractivity contribution in [1.29, 1.82) is 0 Å². The van der Waals surface area contributed by atoms with Crippen LogP contribution < -0.4 is 0 Å². The Morgan fingerprint density at radius 1 is 0.980 bits per heavy atom. The maximum absolute atomic E-state index is 13.6. The summed E-state index contributed by atoms with van der Waals surface area (Å²) in [6.45, 7) is 32.0. The summed E-state index contributed by atoms with van der Waals surface area (Å²) in [6, 6.07) is 13.0. The number of hydrogen-bond acceptors (Lipinski definition) is 8. The molecule has 2 saturated carbocycles. The summed E-state index contributed by atoms with van der Waals surface area (Å²) in [5.41, 5.74) is 1.64. The Morgan fingerprint density at radius 2 is 1.61 bits per heavy atom. The van der Waals surface area contributed by atoms with E-state index < -0.39 is 63.5 Å². The van der Waals surface area contributed by atoms with Crippen LogP contribution >= 0.6 is 0 Å². The third-order valence-electron chi connectivity index (χ3n) is 14.1. The maximum Gasteiger partial charge on any atom is 0.509 e. The van der Waals surface area contributed by atoms with Crippen LogP contribution in [0.25, 0.3) is 0 Å². The summed E-state index contributed by atoms with van der Waals surface area (Å²) in [6.07, 6.45) is -1.85. The molecule has 3 aliphatic carbocycles. The van der Waals surface area contributed by atoms with Gasteiger partial charge in [0, 0.05) is 29.6 Å². The molecule has 3 fully saturated rings. The highest BCUT2D eigenvalue weighted by Gasteiger charge is 2.72. The summed E-state index contributed by atoms with van der Waals surface area (Å²) in [4.78, 5) is 13.6. The van der Waals surface area contributed by atoms with E-state index in [1.54, 1.807) is 0 Å². The standard InChI is InChI=1S/C41H66O8Si2/c1-14-51(15-2,16-3)49-32-23-40(11)33(45-26-44-25-29-20-18-17-19-21-29)22-30(42)27(4)35(40)36-41(47-37(43)46-36)24-31(28(5)34(32)39(41,9)10)48-50(12,13)38(6,7)8/h17-21,30-33,35-36,42H,4,14-16,22-26H2,1-3,5-13H3/t30-,31-,32+,33-,35-,36-,40+,41+/m0/s1. The highest BCUT2D eigenvalue weighted by molar-refractivity contribution is 6.74. The van der Waals surface area contributed by atoms with Crippen LogP contribution in [-0.2, 0) is 34.4 Å². The number of ether oxygens (including phenoxy) is 4. The molecule has 4 aliphatic rings. The molecule has 0 unspecified atom stereocenters. The molecule has 0 aromatic heterocycles. The van der Waals surface area contributed by atoms with Crippen LogP contribution in [0.3, 0.4) is 0 Å². The van der Waals surface area contributed by atoms with Crippen LogP contribution in [0.2, 0.25) is 36.3 Å². The van der Waals surface area contributed by atoms with E-state index >= 15 is 0 Å². The lowest BCUT2D eigenvalue weighted by Crippen LogP contribution is -2.68. The number of rotatable bonds is 12. The molecule has 1 aromatic carbocycles. The predicted octanol–water partition coefficient (Wildman–Crippen LogP) is 9.69. The minimum Gasteiger partial charge on any atom is -0.426 e. The van der Waals surface area contributed by atoms with Gasteiger partial charge in [-0.05, 0) is 71.9 Å². The van der Waals surface area contributed by atoms with Crippen LogP contribution in [0.1, 0.15) is 94.1 Å². The first-order valence-corrected chi connectivity index (χ1v) is 24.7. The molecule has 1 spiro atoms. The van der Waals surface area contributed by atoms with E-state index in [1.807, 2.05) is 30.3 Å². The molecule has 51 heavy (non-hydrogen) atoms. The average molecular weight is 743 g/mol. The zero-order chi connectivity index (χ0) is 37.8. The first kappa shape index (κ1) is 40.4. The molecule has 2 bridgehead atoms. The van der Waals surface area contributed by atoms with E-state index in [9.17, 15) is 9.90 Å². The summed E-state index contributed by atoms with van der Waals surface area (Å²) in [7, 11) is -4.47. The lowest BCUT2D eigenvalue weighted by molar-refractivity contribution is -0.201. The van der Waals surface area contributed by atoms with E-state index in [0.29, 0.717) is 31.4 Å². The highest BCUT2D eigenvalue weighted by Crippen LogP contribution is 2.65. The monoisotopic (exact) mass is 742 g/mol. The van der Waals surface area contributed by atoms with Crippen LogP contribution in [0, 0.1) is 16.7 Å². The molecule has 10 heteroatoms. The van der Waals surface area contributed by atoms with Crippen molar-refractivity contribution in [2.45, 2.75) is 167 Å². The quantitative estimate of drug-likeness (QED) is 0.0745. The topological polar surface area (TPSA) is 92.7 Å². The molecule has 8 nitrogen and oxygen atoms in total. The first-order valence-electron chi connectivity index (χ1n) is 19.3. The Morgan fingerprint density at radius 3 is 2.20 bits per heavy atom. The Bertz CT molecular complexity index is 1460. The zero-order valence-electron chi connectivity index (χ0n) is 33.5. The number of carbonyl (C=O) groups is 1. The van der Waals surface area contributed by atoms with Crippen molar-refractivity contribution in [3.8, 4) is 0 Å². The van der Waals surface area contributed by atoms with E-state index in [1.165, 1.54) is 5.57 Å². The SMILES string of the molecule is C=C1[C@@H](O)C[C@H](OCOCc2ccccc2)[C@@]2(C)C[C@@H](O[Si](CC)(CC)CC)C3=C(C)[C@@H](O[Si](C)(C)C(C)(C)C)C[C@]4(OC(=O)O[C@H]4[C@H]12)C3(C)C. The first-order chi connectivity index (χ1) is 23.7. The van der Waals surface area contributed by atoms with Gasteiger partial charge in [-0.15, -0.1) is 0 Å². The van der Waals surface area contributed by atoms with E-state index in [2.05, 4.69) is 88.9 Å². The number of aliphatic hydroxyl groups excluding tert-OH is 1. The summed E-state index contributed by atoms with van der Waals surface area (Å²) in [5, 5.41) is 11.7. The third-order valence-corrected chi connectivity index (χ3v) is 23.2. The molecule has 1 heterocycles. The van der Waals surface area contributed by atoms with Crippen molar-refractivity contribution in [2.75, 3.05) is 6.79 Å². The zero-order valence-corrected chi connectivity index (χ0v) is 35.5. The molecule has 5 rings (SSSR count). The number of benzene rings is 1. The van der Waals surface area contributed by atoms with Crippen molar-refractivity contribution < 1.29 is 37.7 Å². The van der Waals surface area contributed by atoms with Gasteiger partial charge >= 0.3 is 6.16 Å². The van der Waals surface area contributed by atoms with Gasteiger partial charge in [0.15, 0.2) is 28.3 Å². The van der Waals surface area contributed by atoms with Gasteiger partial charge in [-0.2, -0.15) is 0 Å². The molecule has 286 valence electrons. The normalized spacial score (nSPS) is 33.9. The maximum atomic E-state index is 13.6. The molecule has 1 aromatic rings. The molecule has 0 radical (unpaired) electrons. The van der Waals surface area contributed by atoms with Gasteiger partial charge in [0.25, 0.3) is 0 Å². The molecule has 1 aliphatic heterocycles. The molecule has 1 saturated heterocycles. The lowest BCUT2D eigenvalue weighted by atomic mass is 9.48. The summed E-state index contributed by atoms with van der Waals surface area (Å²) < 4.78 is 40.6. The van der Waals surface area contributed by atoms with E-state index in [4.69, 9.17) is 27.8 Å². The van der Waals surface area contributed by atoms with Gasteiger partial charge in [0.1, 0.15) is 6.79 Å². The van der Waals surface area contributed by atoms with Crippen molar-refractivity contribution in [3.05, 3.63) is 59.2 Å². The van der Waals surface area contributed by atoms with Crippen molar-refractivity contribution in [2.24, 2.45) is 16.7 Å². The van der Waals surface area contributed by atoms with Gasteiger partial charge in [0.2, 0.25) is 0 Å². The Labute approximate surface area is 309 Å². The number of fused-ring (bicyclic) bond motifs is 3. The summed E-state index contributed by atoms with van der Waals surface area (Å²) >= 11 is 0. The van der Waals surface area contributed by atoms with Crippen molar-refractivity contribution in [3.63, 3.8) is 0 Å². The molecule has 8 atom stereocenters. The molecule has 0 amide bonds. The Hall–Kier alpha value is -1.80. The van der Waals surface area contributed by atoms with E-state index in [0.717, 1.165) is 29.3 Å². The predicted molar refractivity (Wildman–Crippen MR) is 206 cm³/mol. The number of carbonyl (C=O) groups excluding carboxylic acids is 1. The number of aliphatic hydroxyl groups is 1. The number of hydrogen-bond donors (Lipinski definition) is 1. The van der Waals surface area contributed by atoms with Crippen LogP contribution in [-0.4, -0.2) is 70.8 Å². The van der Waals surface area contributed by atoms with Crippen molar-refractivity contribution >= 4 is 22.8 Å². The fraction of sp³-hybridized carbons (Fsp3) is 0.732. The summed E-state index contributed by atoms with van der Waals surface area (Å²) in [5.74, 6) is -0.466. The van der Waals surface area contributed by atoms with Gasteiger partial charge < -0.3 is 32.9 Å². The minimum absolute atomic E-state index is 0.0228. The van der Waals surface area contributed by atoms with Gasteiger partial charge in [-0.3, -0.25) is 0 Å². The van der Waals surface area contributed by atoms with Gasteiger partial charge in [-0.1, -0.05) is 99.2 Å².